The number of hydrogen-bond donors (Lipinski definition) is 0. The Hall–Kier alpha value is 0.270. The summed E-state index contributed by atoms with van der Waals surface area (Å²) in [4.78, 5) is 5.16. The molecule has 0 bridgehead atoms. The molecule has 1 rings (SSSR count). The molecule has 1 heterocycles. The molecule has 48 valence electrons. The molecule has 0 N–H and O–H groups in total. The van der Waals surface area contributed by atoms with E-state index in [1.807, 2.05) is 0 Å². The predicted molar refractivity (Wildman–Crippen MR) is 33.9 cm³/mol. The van der Waals surface area contributed by atoms with Crippen molar-refractivity contribution >= 4 is 12.8 Å². The summed E-state index contributed by atoms with van der Waals surface area (Å²) in [5.41, 5.74) is 0. The van der Waals surface area contributed by atoms with E-state index in [1.165, 1.54) is 4.47 Å². The average molecular weight is 132 g/mol. The van der Waals surface area contributed by atoms with Gasteiger partial charge in [-0.1, -0.05) is 6.92 Å². The molecular weight excluding hydrogens is 122 g/mol. The van der Waals surface area contributed by atoms with Crippen LogP contribution in [0.5, 0.6) is 0 Å². The van der Waals surface area contributed by atoms with Crippen molar-refractivity contribution in [3.63, 3.8) is 0 Å². The molecule has 0 aliphatic carbocycles. The van der Waals surface area contributed by atoms with Crippen LogP contribution in [0.2, 0.25) is 0 Å². The third kappa shape index (κ3) is 1.37. The largest absolute Gasteiger partial charge is 0.671 e. The van der Waals surface area contributed by atoms with Gasteiger partial charge in [-0.05, 0) is 12.8 Å². The van der Waals surface area contributed by atoms with E-state index in [4.69, 9.17) is 17.7 Å². The van der Waals surface area contributed by atoms with Crippen LogP contribution in [-0.4, -0.2) is 17.1 Å². The highest BCUT2D eigenvalue weighted by Gasteiger charge is 2.13. The Kier molecular flexibility index (Phi) is 2.16. The van der Waals surface area contributed by atoms with Gasteiger partial charge in [-0.15, -0.1) is 0 Å². The van der Waals surface area contributed by atoms with E-state index in [1.54, 1.807) is 0 Å². The Morgan fingerprint density at radius 3 is 2.88 bits per heavy atom. The van der Waals surface area contributed by atoms with Crippen LogP contribution in [0.15, 0.2) is 0 Å². The van der Waals surface area contributed by atoms with E-state index in [9.17, 15) is 0 Å². The number of hydroxylamine groups is 1. The van der Waals surface area contributed by atoms with Gasteiger partial charge in [0.05, 0.1) is 6.10 Å². The second-order valence-corrected chi connectivity index (χ2v) is 2.39. The zero-order chi connectivity index (χ0) is 5.98. The minimum absolute atomic E-state index is 0.396. The molecule has 1 atom stereocenters. The third-order valence-electron chi connectivity index (χ3n) is 1.36. The minimum Gasteiger partial charge on any atom is -0.671 e. The molecule has 2 nitrogen and oxygen atoms in total. The summed E-state index contributed by atoms with van der Waals surface area (Å²) >= 11 is 4.76. The maximum atomic E-state index is 5.16. The molecule has 8 heavy (non-hydrogen) atoms. The molecule has 0 aromatic heterocycles. The van der Waals surface area contributed by atoms with Crippen molar-refractivity contribution < 1.29 is 4.84 Å². The quantitative estimate of drug-likeness (QED) is 0.491. The van der Waals surface area contributed by atoms with E-state index in [-0.39, 0.29) is 0 Å². The van der Waals surface area contributed by atoms with Crippen LogP contribution in [0.4, 0.5) is 0 Å². The fourth-order valence-corrected chi connectivity index (χ4v) is 1.03. The molecule has 0 aromatic rings. The second-order valence-electron chi connectivity index (χ2n) is 1.98. The first kappa shape index (κ1) is 6.39. The summed E-state index contributed by atoms with van der Waals surface area (Å²) in [6.45, 7) is 3.02. The topological polar surface area (TPSA) is 12.5 Å². The van der Waals surface area contributed by atoms with E-state index < -0.39 is 0 Å². The molecule has 3 heteroatoms. The van der Waals surface area contributed by atoms with E-state index >= 15 is 0 Å². The van der Waals surface area contributed by atoms with Gasteiger partial charge in [0.15, 0.2) is 0 Å². The Balaban J connectivity index is 2.22. The molecule has 0 amide bonds. The number of rotatable bonds is 1. The molecule has 0 radical (unpaired) electrons. The normalized spacial score (nSPS) is 31.5. The molecular formula is C5H10NOS-. The first-order valence-electron chi connectivity index (χ1n) is 2.94. The van der Waals surface area contributed by atoms with Gasteiger partial charge >= 0.3 is 0 Å². The first-order valence-corrected chi connectivity index (χ1v) is 3.31. The summed E-state index contributed by atoms with van der Waals surface area (Å²) in [7, 11) is 0. The van der Waals surface area contributed by atoms with Crippen LogP contribution in [0.1, 0.15) is 19.8 Å². The molecule has 1 aliphatic heterocycles. The summed E-state index contributed by atoms with van der Waals surface area (Å²) < 4.78 is 1.49. The summed E-state index contributed by atoms with van der Waals surface area (Å²) in [5.74, 6) is 0. The maximum absolute atomic E-state index is 5.16. The summed E-state index contributed by atoms with van der Waals surface area (Å²) in [6.07, 6.45) is 2.57. The smallest absolute Gasteiger partial charge is 0.0779 e. The molecule has 0 aromatic carbocycles. The van der Waals surface area contributed by atoms with Gasteiger partial charge in [-0.3, -0.25) is 0 Å². The van der Waals surface area contributed by atoms with E-state index in [0.29, 0.717) is 6.10 Å². The van der Waals surface area contributed by atoms with Crippen molar-refractivity contribution in [3.8, 4) is 0 Å². The summed E-state index contributed by atoms with van der Waals surface area (Å²) in [6, 6.07) is 0. The minimum atomic E-state index is 0.396. The van der Waals surface area contributed by atoms with Gasteiger partial charge in [-0.2, -0.15) is 0 Å². The lowest BCUT2D eigenvalue weighted by atomic mass is 10.2. The number of nitrogens with zero attached hydrogens (tertiary/aromatic N) is 1. The van der Waals surface area contributed by atoms with Crippen molar-refractivity contribution in [2.24, 2.45) is 0 Å². The van der Waals surface area contributed by atoms with E-state index in [2.05, 4.69) is 6.92 Å². The average Bonchev–Trinajstić information content (AvgIpc) is 2.14. The molecule has 1 unspecified atom stereocenters. The van der Waals surface area contributed by atoms with Crippen LogP contribution in [-0.2, 0) is 17.7 Å². The Labute approximate surface area is 55.3 Å². The fraction of sp³-hybridized carbons (Fsp3) is 1.00. The van der Waals surface area contributed by atoms with Crippen LogP contribution >= 0.6 is 0 Å². The van der Waals surface area contributed by atoms with Gasteiger partial charge in [0, 0.05) is 6.54 Å². The number of hydrogen-bond acceptors (Lipinski definition) is 3. The Bertz CT molecular complexity index is 78.8. The first-order chi connectivity index (χ1) is 3.83. The van der Waals surface area contributed by atoms with Crippen molar-refractivity contribution in [3.05, 3.63) is 0 Å². The SMILES string of the molecule is CCC1CCN([S-])O1. The van der Waals surface area contributed by atoms with Gasteiger partial charge in [0.25, 0.3) is 0 Å². The van der Waals surface area contributed by atoms with E-state index in [0.717, 1.165) is 19.4 Å². The van der Waals surface area contributed by atoms with Gasteiger partial charge in [-0.25, -0.2) is 0 Å². The zero-order valence-corrected chi connectivity index (χ0v) is 5.78. The van der Waals surface area contributed by atoms with Crippen molar-refractivity contribution in [1.29, 1.82) is 0 Å². The van der Waals surface area contributed by atoms with Crippen LogP contribution < -0.4 is 0 Å². The standard InChI is InChI=1S/C5H10NOS/c1-2-5-3-4-6(8)7-5/h5H,2-4H2,1H3/q-1. The second kappa shape index (κ2) is 2.71. The van der Waals surface area contributed by atoms with Gasteiger partial charge < -0.3 is 22.1 Å². The van der Waals surface area contributed by atoms with Crippen molar-refractivity contribution in [1.82, 2.24) is 4.47 Å². The zero-order valence-electron chi connectivity index (χ0n) is 4.96. The predicted octanol–water partition coefficient (Wildman–Crippen LogP) is 0.864. The van der Waals surface area contributed by atoms with Crippen molar-refractivity contribution in [2.75, 3.05) is 6.54 Å². The monoisotopic (exact) mass is 132 g/mol. The molecule has 1 aliphatic rings. The highest BCUT2D eigenvalue weighted by molar-refractivity contribution is 7.55. The molecule has 1 fully saturated rings. The van der Waals surface area contributed by atoms with Crippen LogP contribution in [0.25, 0.3) is 0 Å². The highest BCUT2D eigenvalue weighted by Crippen LogP contribution is 2.13. The third-order valence-corrected chi connectivity index (χ3v) is 1.62. The lowest BCUT2D eigenvalue weighted by molar-refractivity contribution is -0.0661. The molecule has 0 spiro atoms. The van der Waals surface area contributed by atoms with Gasteiger partial charge in [0.1, 0.15) is 0 Å². The summed E-state index contributed by atoms with van der Waals surface area (Å²) in [5, 5.41) is 0. The Morgan fingerprint density at radius 2 is 2.62 bits per heavy atom. The Morgan fingerprint density at radius 1 is 1.88 bits per heavy atom. The fourth-order valence-electron chi connectivity index (χ4n) is 0.800. The van der Waals surface area contributed by atoms with Crippen LogP contribution in [0, 0.1) is 0 Å². The van der Waals surface area contributed by atoms with Crippen LogP contribution in [0.3, 0.4) is 0 Å². The highest BCUT2D eigenvalue weighted by atomic mass is 32.1. The molecule has 1 saturated heterocycles. The molecule has 0 saturated carbocycles. The lowest BCUT2D eigenvalue weighted by Gasteiger charge is -2.20. The maximum Gasteiger partial charge on any atom is 0.0779 e. The van der Waals surface area contributed by atoms with Crippen molar-refractivity contribution in [2.45, 2.75) is 25.9 Å². The lowest BCUT2D eigenvalue weighted by Crippen LogP contribution is -2.10. The van der Waals surface area contributed by atoms with Gasteiger partial charge in [0.2, 0.25) is 0 Å².